The number of rotatable bonds is 8. The molecule has 2 heterocycles. The Morgan fingerprint density at radius 3 is 2.30 bits per heavy atom. The van der Waals surface area contributed by atoms with Crippen LogP contribution in [0.5, 0.6) is 0 Å². The average molecular weight is 463 g/mol. The number of nitrogen functional groups attached to an aromatic ring is 1. The minimum absolute atomic E-state index is 0.0385. The van der Waals surface area contributed by atoms with Crippen LogP contribution in [0.25, 0.3) is 11.2 Å². The molecule has 2 aromatic heterocycles. The third-order valence-electron chi connectivity index (χ3n) is 4.41. The van der Waals surface area contributed by atoms with Crippen LogP contribution >= 0.6 is 7.60 Å². The SMILES string of the molecule is Nc1ncnc2c1ncn2CC1(OOP(=O)(O)C(CC(F)(F)F)CC(F)(F)F)CC1. The third kappa shape index (κ3) is 5.59. The largest absolute Gasteiger partial charge is 0.390 e. The van der Waals surface area contributed by atoms with Crippen LogP contribution in [0, 0.1) is 0 Å². The summed E-state index contributed by atoms with van der Waals surface area (Å²) < 4.78 is 93.5. The van der Waals surface area contributed by atoms with Crippen molar-refractivity contribution in [3.63, 3.8) is 0 Å². The quantitative estimate of drug-likeness (QED) is 0.264. The zero-order valence-electron chi connectivity index (χ0n) is 15.0. The van der Waals surface area contributed by atoms with Crippen molar-refractivity contribution < 1.29 is 45.4 Å². The lowest BCUT2D eigenvalue weighted by Crippen LogP contribution is -2.28. The van der Waals surface area contributed by atoms with Gasteiger partial charge in [0, 0.05) is 0 Å². The van der Waals surface area contributed by atoms with Crippen molar-refractivity contribution in [2.24, 2.45) is 0 Å². The highest BCUT2D eigenvalue weighted by atomic mass is 31.2. The summed E-state index contributed by atoms with van der Waals surface area (Å²) in [5.41, 5.74) is 2.26. The Morgan fingerprint density at radius 1 is 1.17 bits per heavy atom. The Kier molecular flexibility index (Phi) is 5.77. The molecular formula is C14H16F6N5O4P. The maximum Gasteiger partial charge on any atom is 0.390 e. The highest BCUT2D eigenvalue weighted by Gasteiger charge is 2.52. The second kappa shape index (κ2) is 7.62. The molecule has 0 radical (unpaired) electrons. The van der Waals surface area contributed by atoms with Crippen molar-refractivity contribution in [1.82, 2.24) is 19.5 Å². The molecule has 9 nitrogen and oxygen atoms in total. The molecule has 3 N–H and O–H groups in total. The van der Waals surface area contributed by atoms with Crippen LogP contribution in [-0.2, 0) is 20.7 Å². The van der Waals surface area contributed by atoms with Gasteiger partial charge in [0.15, 0.2) is 11.5 Å². The topological polar surface area (TPSA) is 125 Å². The first-order valence-electron chi connectivity index (χ1n) is 8.44. The molecule has 0 aliphatic heterocycles. The second-order valence-electron chi connectivity index (χ2n) is 7.00. The summed E-state index contributed by atoms with van der Waals surface area (Å²) in [6.07, 6.45) is -11.5. The van der Waals surface area contributed by atoms with Crippen LogP contribution in [0.1, 0.15) is 25.7 Å². The Labute approximate surface area is 164 Å². The van der Waals surface area contributed by atoms with Crippen LogP contribution in [0.4, 0.5) is 32.2 Å². The Morgan fingerprint density at radius 2 is 1.77 bits per heavy atom. The van der Waals surface area contributed by atoms with Gasteiger partial charge in [-0.05, 0) is 12.8 Å². The molecule has 1 aliphatic rings. The van der Waals surface area contributed by atoms with Crippen LogP contribution < -0.4 is 5.73 Å². The molecule has 30 heavy (non-hydrogen) atoms. The van der Waals surface area contributed by atoms with E-state index in [-0.39, 0.29) is 30.7 Å². The summed E-state index contributed by atoms with van der Waals surface area (Å²) in [5.74, 6) is 0.0998. The smallest absolute Gasteiger partial charge is 0.382 e. The van der Waals surface area contributed by atoms with Gasteiger partial charge in [0.05, 0.1) is 31.4 Å². The molecule has 1 fully saturated rings. The molecule has 0 bridgehead atoms. The van der Waals surface area contributed by atoms with E-state index in [9.17, 15) is 35.8 Å². The van der Waals surface area contributed by atoms with Gasteiger partial charge in [0.2, 0.25) is 0 Å². The van der Waals surface area contributed by atoms with E-state index >= 15 is 0 Å². The zero-order chi connectivity index (χ0) is 22.4. The molecule has 2 aromatic rings. The van der Waals surface area contributed by atoms with Gasteiger partial charge in [-0.1, -0.05) is 0 Å². The number of hydrogen-bond donors (Lipinski definition) is 2. The summed E-state index contributed by atoms with van der Waals surface area (Å²) in [4.78, 5) is 26.4. The number of fused-ring (bicyclic) bond motifs is 1. The summed E-state index contributed by atoms with van der Waals surface area (Å²) in [7, 11) is -5.43. The summed E-state index contributed by atoms with van der Waals surface area (Å²) in [6.45, 7) is -0.0385. The van der Waals surface area contributed by atoms with E-state index in [1.807, 2.05) is 0 Å². The Bertz CT molecular complexity index is 944. The average Bonchev–Trinajstić information content (AvgIpc) is 3.23. The minimum Gasteiger partial charge on any atom is -0.382 e. The molecule has 3 rings (SSSR count). The van der Waals surface area contributed by atoms with Gasteiger partial charge in [-0.2, -0.15) is 26.3 Å². The normalized spacial score (nSPS) is 18.7. The first-order valence-corrected chi connectivity index (χ1v) is 10.1. The van der Waals surface area contributed by atoms with Gasteiger partial charge >= 0.3 is 19.9 Å². The van der Waals surface area contributed by atoms with Gasteiger partial charge in [0.1, 0.15) is 17.4 Å². The lowest BCUT2D eigenvalue weighted by Gasteiger charge is -2.25. The van der Waals surface area contributed by atoms with E-state index in [2.05, 4.69) is 19.6 Å². The fraction of sp³-hybridized carbons (Fsp3) is 0.643. The maximum absolute atomic E-state index is 12.6. The van der Waals surface area contributed by atoms with Gasteiger partial charge in [0.25, 0.3) is 0 Å². The Balaban J connectivity index is 1.71. The van der Waals surface area contributed by atoms with E-state index in [0.29, 0.717) is 5.65 Å². The van der Waals surface area contributed by atoms with Crippen LogP contribution in [0.15, 0.2) is 12.7 Å². The summed E-state index contributed by atoms with van der Waals surface area (Å²) >= 11 is 0. The zero-order valence-corrected chi connectivity index (χ0v) is 15.9. The predicted molar refractivity (Wildman–Crippen MR) is 88.8 cm³/mol. The highest BCUT2D eigenvalue weighted by molar-refractivity contribution is 7.53. The van der Waals surface area contributed by atoms with Crippen LogP contribution in [0.2, 0.25) is 0 Å². The highest BCUT2D eigenvalue weighted by Crippen LogP contribution is 2.57. The molecule has 0 saturated heterocycles. The summed E-state index contributed by atoms with van der Waals surface area (Å²) in [5, 5.41) is 0. The first kappa shape index (κ1) is 22.7. The van der Waals surface area contributed by atoms with Gasteiger partial charge in [-0.3, -0.25) is 4.57 Å². The number of nitrogens with zero attached hydrogens (tertiary/aromatic N) is 4. The number of nitrogens with two attached hydrogens (primary N) is 1. The molecule has 0 spiro atoms. The van der Waals surface area contributed by atoms with Gasteiger partial charge in [-0.15, -0.1) is 4.67 Å². The Hall–Kier alpha value is -1.96. The van der Waals surface area contributed by atoms with Crippen molar-refractivity contribution in [3.8, 4) is 0 Å². The van der Waals surface area contributed by atoms with Crippen molar-refractivity contribution in [1.29, 1.82) is 0 Å². The van der Waals surface area contributed by atoms with E-state index in [4.69, 9.17) is 10.6 Å². The van der Waals surface area contributed by atoms with Crippen LogP contribution in [-0.4, -0.2) is 48.0 Å². The lowest BCUT2D eigenvalue weighted by atomic mass is 10.2. The van der Waals surface area contributed by atoms with Crippen molar-refractivity contribution in [2.45, 2.75) is 55.8 Å². The van der Waals surface area contributed by atoms with E-state index in [1.54, 1.807) is 0 Å². The summed E-state index contributed by atoms with van der Waals surface area (Å²) in [6, 6.07) is 0. The molecule has 1 unspecified atom stereocenters. The molecule has 0 aromatic carbocycles. The standard InChI is InChI=1S/C14H16F6N5O4P/c15-13(16,17)3-8(4-14(18,19)20)30(26,27)29-28-12(1-2-12)5-25-7-24-9-10(21)22-6-23-11(9)25/h6-8H,1-5H2,(H,26,27)(H2,21,22,23). The third-order valence-corrected chi connectivity index (χ3v) is 5.99. The number of aromatic nitrogens is 4. The number of hydrogen-bond acceptors (Lipinski definition) is 7. The molecular weight excluding hydrogens is 447 g/mol. The maximum atomic E-state index is 12.6. The van der Waals surface area contributed by atoms with Crippen molar-refractivity contribution in [2.75, 3.05) is 5.73 Å². The number of anilines is 1. The van der Waals surface area contributed by atoms with Crippen molar-refractivity contribution >= 4 is 24.6 Å². The number of imidazole rings is 1. The van der Waals surface area contributed by atoms with E-state index in [1.165, 1.54) is 17.2 Å². The molecule has 1 atom stereocenters. The number of halogens is 6. The second-order valence-corrected chi connectivity index (χ2v) is 9.01. The molecule has 1 aliphatic carbocycles. The van der Waals surface area contributed by atoms with E-state index < -0.39 is 44.1 Å². The first-order chi connectivity index (χ1) is 13.7. The lowest BCUT2D eigenvalue weighted by molar-refractivity contribution is -0.268. The fourth-order valence-electron chi connectivity index (χ4n) is 2.76. The molecule has 0 amide bonds. The van der Waals surface area contributed by atoms with Crippen molar-refractivity contribution in [3.05, 3.63) is 12.7 Å². The predicted octanol–water partition coefficient (Wildman–Crippen LogP) is 3.35. The minimum atomic E-state index is -5.43. The van der Waals surface area contributed by atoms with E-state index in [0.717, 1.165) is 0 Å². The number of alkyl halides is 6. The fourth-order valence-corrected chi connectivity index (χ4v) is 4.02. The molecule has 1 saturated carbocycles. The van der Waals surface area contributed by atoms with Crippen LogP contribution in [0.3, 0.4) is 0 Å². The van der Waals surface area contributed by atoms with Gasteiger partial charge < -0.3 is 15.2 Å². The molecule has 168 valence electrons. The molecule has 16 heteroatoms. The monoisotopic (exact) mass is 463 g/mol. The van der Waals surface area contributed by atoms with Gasteiger partial charge in [-0.25, -0.2) is 19.8 Å².